The molecule has 2 atom stereocenters. The molecule has 1 aromatic rings. The number of thioether (sulfide) groups is 1. The molecule has 0 aromatic heterocycles. The van der Waals surface area contributed by atoms with Crippen molar-refractivity contribution in [2.45, 2.75) is 29.4 Å². The van der Waals surface area contributed by atoms with Crippen molar-refractivity contribution in [2.24, 2.45) is 4.99 Å². The molecule has 0 radical (unpaired) electrons. The Labute approximate surface area is 144 Å². The van der Waals surface area contributed by atoms with Crippen molar-refractivity contribution >= 4 is 57.8 Å². The number of anilines is 1. The third-order valence-electron chi connectivity index (χ3n) is 3.89. The number of carbonyl (C=O) groups is 1. The van der Waals surface area contributed by atoms with E-state index >= 15 is 0 Å². The van der Waals surface area contributed by atoms with Gasteiger partial charge < -0.3 is 4.90 Å². The highest BCUT2D eigenvalue weighted by Gasteiger charge is 2.38. The van der Waals surface area contributed by atoms with E-state index in [1.165, 1.54) is 0 Å². The first-order valence-electron chi connectivity index (χ1n) is 7.24. The van der Waals surface area contributed by atoms with Gasteiger partial charge in [0.05, 0.1) is 21.7 Å². The van der Waals surface area contributed by atoms with Gasteiger partial charge in [-0.1, -0.05) is 11.6 Å². The molecule has 6 heteroatoms. The van der Waals surface area contributed by atoms with Crippen LogP contribution in [0.3, 0.4) is 0 Å². The summed E-state index contributed by atoms with van der Waals surface area (Å²) in [5.41, 5.74) is 2.85. The van der Waals surface area contributed by atoms with E-state index in [1.54, 1.807) is 17.8 Å². The molecule has 0 saturated carbocycles. The van der Waals surface area contributed by atoms with Crippen LogP contribution < -0.4 is 4.90 Å². The predicted molar refractivity (Wildman–Crippen MR) is 95.3 cm³/mol. The standard InChI is InChI=1S/C16H16Cl2N2OS/c1-3-20(4-2)9-5-6-11-13(7-9)22-16-12(19-11)8-10(17)15(21)14(16)18/h5-8,14,16H,3-4H2,1-2H3. The summed E-state index contributed by atoms with van der Waals surface area (Å²) in [4.78, 5) is 19.9. The molecular formula is C16H16Cl2N2OS. The molecule has 0 N–H and O–H groups in total. The van der Waals surface area contributed by atoms with Gasteiger partial charge in [0.15, 0.2) is 5.78 Å². The van der Waals surface area contributed by atoms with E-state index in [4.69, 9.17) is 23.2 Å². The van der Waals surface area contributed by atoms with Crippen LogP contribution in [0.5, 0.6) is 0 Å². The van der Waals surface area contributed by atoms with Crippen molar-refractivity contribution in [3.05, 3.63) is 29.3 Å². The number of carbonyl (C=O) groups excluding carboxylic acids is 1. The summed E-state index contributed by atoms with van der Waals surface area (Å²) in [6, 6.07) is 6.22. The lowest BCUT2D eigenvalue weighted by atomic mass is 10.0. The van der Waals surface area contributed by atoms with Crippen molar-refractivity contribution in [2.75, 3.05) is 18.0 Å². The molecule has 3 rings (SSSR count). The smallest absolute Gasteiger partial charge is 0.193 e. The van der Waals surface area contributed by atoms with Gasteiger partial charge in [-0.05, 0) is 38.1 Å². The van der Waals surface area contributed by atoms with Gasteiger partial charge in [0.25, 0.3) is 0 Å². The number of hydrogen-bond donors (Lipinski definition) is 0. The van der Waals surface area contributed by atoms with Crippen molar-refractivity contribution in [3.8, 4) is 0 Å². The fourth-order valence-electron chi connectivity index (χ4n) is 2.67. The summed E-state index contributed by atoms with van der Waals surface area (Å²) in [6.45, 7) is 6.17. The molecule has 2 aliphatic rings. The zero-order valence-corrected chi connectivity index (χ0v) is 14.7. The number of ketones is 1. The zero-order valence-electron chi connectivity index (χ0n) is 12.3. The molecule has 1 heterocycles. The van der Waals surface area contributed by atoms with Crippen LogP contribution in [0.4, 0.5) is 11.4 Å². The van der Waals surface area contributed by atoms with Gasteiger partial charge in [0.2, 0.25) is 0 Å². The van der Waals surface area contributed by atoms with Crippen LogP contribution in [-0.2, 0) is 4.79 Å². The quantitative estimate of drug-likeness (QED) is 0.754. The van der Waals surface area contributed by atoms with Gasteiger partial charge in [-0.15, -0.1) is 23.4 Å². The SMILES string of the molecule is CCN(CC)c1ccc2c(c1)SC1C(=N2)C=C(Cl)C(=O)C1Cl. The van der Waals surface area contributed by atoms with Crippen LogP contribution in [0.15, 0.2) is 39.2 Å². The summed E-state index contributed by atoms with van der Waals surface area (Å²) in [5.74, 6) is -0.219. The molecule has 1 aromatic carbocycles. The monoisotopic (exact) mass is 354 g/mol. The van der Waals surface area contributed by atoms with E-state index in [-0.39, 0.29) is 16.1 Å². The molecule has 1 aliphatic carbocycles. The maximum absolute atomic E-state index is 12.0. The van der Waals surface area contributed by atoms with Crippen LogP contribution in [0, 0.1) is 0 Å². The lowest BCUT2D eigenvalue weighted by Crippen LogP contribution is -2.38. The summed E-state index contributed by atoms with van der Waals surface area (Å²) < 4.78 is 0. The summed E-state index contributed by atoms with van der Waals surface area (Å²) in [6.07, 6.45) is 1.64. The molecule has 0 bridgehead atoms. The van der Waals surface area contributed by atoms with Gasteiger partial charge in [-0.25, -0.2) is 0 Å². The first-order chi connectivity index (χ1) is 10.5. The van der Waals surface area contributed by atoms with E-state index in [9.17, 15) is 4.79 Å². The van der Waals surface area contributed by atoms with Gasteiger partial charge >= 0.3 is 0 Å². The Morgan fingerprint density at radius 2 is 2.05 bits per heavy atom. The Balaban J connectivity index is 2.01. The maximum atomic E-state index is 12.0. The third kappa shape index (κ3) is 2.68. The summed E-state index contributed by atoms with van der Waals surface area (Å²) >= 11 is 13.8. The third-order valence-corrected chi connectivity index (χ3v) is 6.14. The minimum atomic E-state index is -0.661. The Hall–Kier alpha value is -0.970. The highest BCUT2D eigenvalue weighted by molar-refractivity contribution is 8.01. The van der Waals surface area contributed by atoms with Crippen LogP contribution in [-0.4, -0.2) is 35.2 Å². The number of halogens is 2. The first-order valence-corrected chi connectivity index (χ1v) is 8.94. The average molecular weight is 355 g/mol. The molecule has 22 heavy (non-hydrogen) atoms. The van der Waals surface area contributed by atoms with E-state index in [1.807, 2.05) is 6.07 Å². The molecule has 0 saturated heterocycles. The minimum Gasteiger partial charge on any atom is -0.372 e. The second kappa shape index (κ2) is 6.26. The molecule has 1 aliphatic heterocycles. The first kappa shape index (κ1) is 15.9. The minimum absolute atomic E-state index is 0.166. The van der Waals surface area contributed by atoms with E-state index in [0.717, 1.165) is 35.1 Å². The van der Waals surface area contributed by atoms with Crippen molar-refractivity contribution in [1.29, 1.82) is 0 Å². The number of alkyl halides is 1. The molecular weight excluding hydrogens is 339 g/mol. The van der Waals surface area contributed by atoms with Crippen molar-refractivity contribution in [1.82, 2.24) is 0 Å². The number of hydrogen-bond acceptors (Lipinski definition) is 4. The van der Waals surface area contributed by atoms with Crippen molar-refractivity contribution < 1.29 is 4.79 Å². The second-order valence-electron chi connectivity index (χ2n) is 5.16. The molecule has 0 amide bonds. The fraction of sp³-hybridized carbons (Fsp3) is 0.375. The number of aliphatic imine (C=N–C) groups is 1. The van der Waals surface area contributed by atoms with E-state index in [0.29, 0.717) is 0 Å². The Kier molecular flexibility index (Phi) is 4.53. The normalized spacial score (nSPS) is 23.4. The molecule has 116 valence electrons. The largest absolute Gasteiger partial charge is 0.372 e. The van der Waals surface area contributed by atoms with Crippen molar-refractivity contribution in [3.63, 3.8) is 0 Å². The lowest BCUT2D eigenvalue weighted by Gasteiger charge is -2.30. The van der Waals surface area contributed by atoms with Crippen LogP contribution in [0.2, 0.25) is 0 Å². The van der Waals surface area contributed by atoms with E-state index < -0.39 is 5.38 Å². The van der Waals surface area contributed by atoms with Crippen LogP contribution >= 0.6 is 35.0 Å². The van der Waals surface area contributed by atoms with E-state index in [2.05, 4.69) is 35.9 Å². The fourth-order valence-corrected chi connectivity index (χ4v) is 4.54. The number of nitrogens with zero attached hydrogens (tertiary/aromatic N) is 2. The van der Waals surface area contributed by atoms with Crippen LogP contribution in [0.1, 0.15) is 13.8 Å². The van der Waals surface area contributed by atoms with Gasteiger partial charge in [-0.2, -0.15) is 0 Å². The number of allylic oxidation sites excluding steroid dienone is 2. The number of Topliss-reactive ketones (excluding diaryl/α,β-unsaturated/α-hetero) is 1. The molecule has 0 fully saturated rings. The molecule has 0 spiro atoms. The maximum Gasteiger partial charge on any atom is 0.193 e. The van der Waals surface area contributed by atoms with Gasteiger partial charge in [-0.3, -0.25) is 9.79 Å². The Morgan fingerprint density at radius 1 is 1.32 bits per heavy atom. The highest BCUT2D eigenvalue weighted by atomic mass is 35.5. The topological polar surface area (TPSA) is 32.7 Å². The summed E-state index contributed by atoms with van der Waals surface area (Å²) in [5, 5.41) is -0.665. The average Bonchev–Trinajstić information content (AvgIpc) is 2.53. The number of rotatable bonds is 3. The lowest BCUT2D eigenvalue weighted by molar-refractivity contribution is -0.114. The van der Waals surface area contributed by atoms with Gasteiger partial charge in [0, 0.05) is 23.7 Å². The summed E-state index contributed by atoms with van der Waals surface area (Å²) in [7, 11) is 0. The Morgan fingerprint density at radius 3 is 2.73 bits per heavy atom. The predicted octanol–water partition coefficient (Wildman–Crippen LogP) is 4.39. The highest BCUT2D eigenvalue weighted by Crippen LogP contribution is 2.44. The molecule has 3 nitrogen and oxygen atoms in total. The molecule has 2 unspecified atom stereocenters. The Bertz CT molecular complexity index is 683. The number of benzene rings is 1. The van der Waals surface area contributed by atoms with Crippen LogP contribution in [0.25, 0.3) is 0 Å². The van der Waals surface area contributed by atoms with Gasteiger partial charge in [0.1, 0.15) is 5.38 Å². The number of fused-ring (bicyclic) bond motifs is 2. The zero-order chi connectivity index (χ0) is 15.9. The second-order valence-corrected chi connectivity index (χ2v) is 7.22.